The molecule has 1 fully saturated rings. The zero-order valence-electron chi connectivity index (χ0n) is 12.5. The number of carbonyl (C=O) groups excluding carboxylic acids is 2. The molecule has 1 rings (SSSR count). The molecule has 1 heterocycles. The van der Waals surface area contributed by atoms with Crippen molar-refractivity contribution in [3.8, 4) is 0 Å². The number of alkyl carbamates (subject to hydrolysis) is 1. The second kappa shape index (κ2) is 6.78. The van der Waals surface area contributed by atoms with Gasteiger partial charge in [0.25, 0.3) is 0 Å². The third-order valence-corrected chi connectivity index (χ3v) is 2.98. The lowest BCUT2D eigenvalue weighted by Gasteiger charge is -2.26. The Morgan fingerprint density at radius 2 is 1.84 bits per heavy atom. The summed E-state index contributed by atoms with van der Waals surface area (Å²) in [6.07, 6.45) is 3.08. The minimum Gasteiger partial charge on any atom is -0.444 e. The molecule has 0 bridgehead atoms. The van der Waals surface area contributed by atoms with Gasteiger partial charge in [0.05, 0.1) is 0 Å². The maximum Gasteiger partial charge on any atom is 0.408 e. The molecule has 0 aromatic rings. The molecule has 0 spiro atoms. The lowest BCUT2D eigenvalue weighted by Crippen LogP contribution is -2.48. The number of carbonyl (C=O) groups is 2. The van der Waals surface area contributed by atoms with Gasteiger partial charge in [-0.1, -0.05) is 13.3 Å². The summed E-state index contributed by atoms with van der Waals surface area (Å²) in [4.78, 5) is 25.9. The molecule has 0 aromatic heterocycles. The maximum absolute atomic E-state index is 12.3. The van der Waals surface area contributed by atoms with Crippen molar-refractivity contribution >= 4 is 12.0 Å². The molecule has 0 aromatic carbocycles. The van der Waals surface area contributed by atoms with Gasteiger partial charge in [-0.25, -0.2) is 4.79 Å². The minimum absolute atomic E-state index is 0.0187. The van der Waals surface area contributed by atoms with Crippen LogP contribution in [-0.4, -0.2) is 41.6 Å². The number of nitrogens with one attached hydrogen (secondary N) is 1. The predicted octanol–water partition coefficient (Wildman–Crippen LogP) is 2.30. The molecule has 1 aliphatic heterocycles. The largest absolute Gasteiger partial charge is 0.444 e. The highest BCUT2D eigenvalue weighted by molar-refractivity contribution is 5.85. The van der Waals surface area contributed by atoms with E-state index in [2.05, 4.69) is 5.32 Å². The van der Waals surface area contributed by atoms with Gasteiger partial charge in [0, 0.05) is 13.1 Å². The highest BCUT2D eigenvalue weighted by Gasteiger charge is 2.28. The summed E-state index contributed by atoms with van der Waals surface area (Å²) in [6.45, 7) is 9.03. The number of rotatable bonds is 4. The van der Waals surface area contributed by atoms with Gasteiger partial charge in [0.15, 0.2) is 0 Å². The Labute approximate surface area is 115 Å². The molecule has 110 valence electrons. The second-order valence-electron chi connectivity index (χ2n) is 6.02. The summed E-state index contributed by atoms with van der Waals surface area (Å²) >= 11 is 0. The average molecular weight is 270 g/mol. The van der Waals surface area contributed by atoms with Crippen LogP contribution in [0.1, 0.15) is 53.4 Å². The Kier molecular flexibility index (Phi) is 5.63. The Bertz CT molecular complexity index is 317. The molecule has 5 nitrogen and oxygen atoms in total. The first-order valence-corrected chi connectivity index (χ1v) is 7.12. The van der Waals surface area contributed by atoms with Crippen molar-refractivity contribution in [2.24, 2.45) is 0 Å². The van der Waals surface area contributed by atoms with Gasteiger partial charge in [0.2, 0.25) is 5.91 Å². The Morgan fingerprint density at radius 3 is 2.32 bits per heavy atom. The van der Waals surface area contributed by atoms with Crippen LogP contribution in [0.15, 0.2) is 0 Å². The number of nitrogens with zero attached hydrogens (tertiary/aromatic N) is 1. The lowest BCUT2D eigenvalue weighted by molar-refractivity contribution is -0.132. The van der Waals surface area contributed by atoms with Crippen molar-refractivity contribution in [1.29, 1.82) is 0 Å². The topological polar surface area (TPSA) is 58.6 Å². The van der Waals surface area contributed by atoms with Gasteiger partial charge in [-0.2, -0.15) is 0 Å². The minimum atomic E-state index is -0.544. The highest BCUT2D eigenvalue weighted by atomic mass is 16.6. The van der Waals surface area contributed by atoms with Gasteiger partial charge in [0.1, 0.15) is 11.6 Å². The highest BCUT2D eigenvalue weighted by Crippen LogP contribution is 2.12. The number of likely N-dealkylation sites (tertiary alicyclic amines) is 1. The average Bonchev–Trinajstić information content (AvgIpc) is 2.78. The van der Waals surface area contributed by atoms with E-state index >= 15 is 0 Å². The fourth-order valence-corrected chi connectivity index (χ4v) is 2.15. The molecule has 5 heteroatoms. The number of ether oxygens (including phenoxy) is 1. The zero-order chi connectivity index (χ0) is 14.5. The molecule has 1 aliphatic rings. The molecule has 2 amide bonds. The van der Waals surface area contributed by atoms with Gasteiger partial charge in [-0.15, -0.1) is 0 Å². The number of hydrogen-bond donors (Lipinski definition) is 1. The molecule has 1 saturated heterocycles. The Balaban J connectivity index is 2.56. The normalized spacial score (nSPS) is 17.2. The molecular weight excluding hydrogens is 244 g/mol. The molecule has 0 aliphatic carbocycles. The molecule has 19 heavy (non-hydrogen) atoms. The third-order valence-electron chi connectivity index (χ3n) is 2.98. The van der Waals surface area contributed by atoms with E-state index in [4.69, 9.17) is 4.74 Å². The van der Waals surface area contributed by atoms with Crippen molar-refractivity contribution in [3.63, 3.8) is 0 Å². The second-order valence-corrected chi connectivity index (χ2v) is 6.02. The summed E-state index contributed by atoms with van der Waals surface area (Å²) in [7, 11) is 0. The van der Waals surface area contributed by atoms with E-state index in [1.807, 2.05) is 32.6 Å². The maximum atomic E-state index is 12.3. The van der Waals surface area contributed by atoms with Crippen LogP contribution in [0.25, 0.3) is 0 Å². The van der Waals surface area contributed by atoms with Crippen LogP contribution in [0.3, 0.4) is 0 Å². The van der Waals surface area contributed by atoms with E-state index in [1.165, 1.54) is 0 Å². The molecule has 0 saturated carbocycles. The first-order valence-electron chi connectivity index (χ1n) is 7.12. The van der Waals surface area contributed by atoms with Crippen molar-refractivity contribution in [2.45, 2.75) is 65.0 Å². The monoisotopic (exact) mass is 270 g/mol. The summed E-state index contributed by atoms with van der Waals surface area (Å²) in [5.41, 5.74) is -0.544. The van der Waals surface area contributed by atoms with Crippen molar-refractivity contribution in [3.05, 3.63) is 0 Å². The Hall–Kier alpha value is -1.26. The van der Waals surface area contributed by atoms with Crippen LogP contribution in [0, 0.1) is 0 Å². The van der Waals surface area contributed by atoms with E-state index in [-0.39, 0.29) is 5.91 Å². The third kappa shape index (κ3) is 5.49. The van der Waals surface area contributed by atoms with E-state index in [0.717, 1.165) is 32.4 Å². The molecule has 0 unspecified atom stereocenters. The van der Waals surface area contributed by atoms with Crippen LogP contribution >= 0.6 is 0 Å². The SMILES string of the molecule is CCC[C@@H](NC(=O)OC(C)(C)C)C(=O)N1CCCC1. The van der Waals surface area contributed by atoms with Gasteiger partial charge in [-0.05, 0) is 40.0 Å². The van der Waals surface area contributed by atoms with Crippen LogP contribution in [-0.2, 0) is 9.53 Å². The van der Waals surface area contributed by atoms with Crippen molar-refractivity contribution in [1.82, 2.24) is 10.2 Å². The fraction of sp³-hybridized carbons (Fsp3) is 0.857. The summed E-state index contributed by atoms with van der Waals surface area (Å²) in [5.74, 6) is 0.0187. The van der Waals surface area contributed by atoms with Crippen LogP contribution in [0.4, 0.5) is 4.79 Å². The number of amides is 2. The molecule has 1 N–H and O–H groups in total. The van der Waals surface area contributed by atoms with Crippen LogP contribution in [0.2, 0.25) is 0 Å². The van der Waals surface area contributed by atoms with Crippen LogP contribution in [0.5, 0.6) is 0 Å². The lowest BCUT2D eigenvalue weighted by atomic mass is 10.1. The molecule has 0 radical (unpaired) electrons. The van der Waals surface area contributed by atoms with Gasteiger partial charge >= 0.3 is 6.09 Å². The smallest absolute Gasteiger partial charge is 0.408 e. The van der Waals surface area contributed by atoms with E-state index in [0.29, 0.717) is 6.42 Å². The van der Waals surface area contributed by atoms with E-state index < -0.39 is 17.7 Å². The van der Waals surface area contributed by atoms with Gasteiger partial charge in [-0.3, -0.25) is 4.79 Å². The Morgan fingerprint density at radius 1 is 1.26 bits per heavy atom. The first kappa shape index (κ1) is 15.8. The predicted molar refractivity (Wildman–Crippen MR) is 73.9 cm³/mol. The summed E-state index contributed by atoms with van der Waals surface area (Å²) < 4.78 is 5.21. The quantitative estimate of drug-likeness (QED) is 0.852. The van der Waals surface area contributed by atoms with Crippen molar-refractivity contribution < 1.29 is 14.3 Å². The first-order chi connectivity index (χ1) is 8.83. The molecular formula is C14H26N2O3. The standard InChI is InChI=1S/C14H26N2O3/c1-5-8-11(12(17)16-9-6-7-10-16)15-13(18)19-14(2,3)4/h11H,5-10H2,1-4H3,(H,15,18)/t11-/m1/s1. The van der Waals surface area contributed by atoms with Crippen molar-refractivity contribution in [2.75, 3.05) is 13.1 Å². The zero-order valence-corrected chi connectivity index (χ0v) is 12.5. The van der Waals surface area contributed by atoms with E-state index in [1.54, 1.807) is 0 Å². The number of hydrogen-bond acceptors (Lipinski definition) is 3. The molecule has 1 atom stereocenters. The fourth-order valence-electron chi connectivity index (χ4n) is 2.15. The summed E-state index contributed by atoms with van der Waals surface area (Å²) in [5, 5.41) is 2.70. The van der Waals surface area contributed by atoms with Gasteiger partial charge < -0.3 is 15.0 Å². The van der Waals surface area contributed by atoms with E-state index in [9.17, 15) is 9.59 Å². The van der Waals surface area contributed by atoms with Crippen LogP contribution < -0.4 is 5.32 Å². The summed E-state index contributed by atoms with van der Waals surface area (Å²) in [6, 6.07) is -0.460.